The van der Waals surface area contributed by atoms with Gasteiger partial charge in [0.2, 0.25) is 0 Å². The molecular weight excluding hydrogens is 192 g/mol. The SMILES string of the molecule is O=P([O-])([O-])O.[Na+].[Na+].[V]. The number of hydrogen-bond donors (Lipinski definition) is 1. The molecule has 0 atom stereocenters. The van der Waals surface area contributed by atoms with Crippen LogP contribution in [0, 0.1) is 0 Å². The van der Waals surface area contributed by atoms with Crippen molar-refractivity contribution in [3.05, 3.63) is 0 Å². The van der Waals surface area contributed by atoms with E-state index in [1.54, 1.807) is 0 Å². The second-order valence-corrected chi connectivity index (χ2v) is 1.41. The molecule has 4 nitrogen and oxygen atoms in total. The van der Waals surface area contributed by atoms with E-state index < -0.39 is 7.82 Å². The van der Waals surface area contributed by atoms with E-state index in [2.05, 4.69) is 0 Å². The topological polar surface area (TPSA) is 83.4 Å². The Morgan fingerprint density at radius 2 is 1.25 bits per heavy atom. The third-order valence-corrected chi connectivity index (χ3v) is 0. The Labute approximate surface area is 103 Å². The van der Waals surface area contributed by atoms with Crippen LogP contribution in [0.3, 0.4) is 0 Å². The molecular formula is HNa2O4PV. The molecule has 0 spiro atoms. The minimum Gasteiger partial charge on any atom is -0.790 e. The zero-order valence-corrected chi connectivity index (χ0v) is 10.9. The molecule has 0 aromatic rings. The van der Waals surface area contributed by atoms with E-state index in [1.165, 1.54) is 0 Å². The average molecular weight is 193 g/mol. The summed E-state index contributed by atoms with van der Waals surface area (Å²) in [5.74, 6) is 0. The van der Waals surface area contributed by atoms with Gasteiger partial charge in [0.25, 0.3) is 0 Å². The van der Waals surface area contributed by atoms with Crippen molar-refractivity contribution in [1.82, 2.24) is 0 Å². The molecule has 0 amide bonds. The predicted octanol–water partition coefficient (Wildman–Crippen LogP) is -8.19. The first-order chi connectivity index (χ1) is 2.00. The maximum atomic E-state index is 8.66. The van der Waals surface area contributed by atoms with Gasteiger partial charge >= 0.3 is 59.1 Å². The monoisotopic (exact) mass is 193 g/mol. The molecule has 0 aliphatic carbocycles. The Kier molecular flexibility index (Phi) is 27.2. The van der Waals surface area contributed by atoms with Gasteiger partial charge < -0.3 is 19.2 Å². The molecule has 0 rings (SSSR count). The second-order valence-electron chi connectivity index (χ2n) is 0.469. The molecule has 1 radical (unpaired) electrons. The van der Waals surface area contributed by atoms with Gasteiger partial charge in [0, 0.05) is 18.6 Å². The van der Waals surface area contributed by atoms with Crippen molar-refractivity contribution in [3.8, 4) is 0 Å². The average Bonchev–Trinajstić information content (AvgIpc) is 0.722. The van der Waals surface area contributed by atoms with Gasteiger partial charge in [-0.1, -0.05) is 0 Å². The van der Waals surface area contributed by atoms with Crippen LogP contribution in [0.5, 0.6) is 0 Å². The fourth-order valence-electron chi connectivity index (χ4n) is 0. The molecule has 37 valence electrons. The molecule has 0 saturated carbocycles. The molecule has 0 aliphatic rings. The predicted molar refractivity (Wildman–Crippen MR) is 9.83 cm³/mol. The quantitative estimate of drug-likeness (QED) is 0.306. The van der Waals surface area contributed by atoms with Crippen molar-refractivity contribution in [2.45, 2.75) is 0 Å². The van der Waals surface area contributed by atoms with Crippen LogP contribution in [0.15, 0.2) is 0 Å². The summed E-state index contributed by atoms with van der Waals surface area (Å²) in [6.45, 7) is 0. The van der Waals surface area contributed by atoms with Gasteiger partial charge in [0.05, 0.1) is 7.82 Å². The fourth-order valence-corrected chi connectivity index (χ4v) is 0. The molecule has 0 aromatic carbocycles. The molecule has 8 heavy (non-hydrogen) atoms. The van der Waals surface area contributed by atoms with E-state index in [0.29, 0.717) is 0 Å². The molecule has 1 N–H and O–H groups in total. The smallest absolute Gasteiger partial charge is 0.790 e. The first kappa shape index (κ1) is 22.4. The summed E-state index contributed by atoms with van der Waals surface area (Å²) in [7, 11) is -5.14. The molecule has 0 heterocycles. The Morgan fingerprint density at radius 1 is 1.25 bits per heavy atom. The van der Waals surface area contributed by atoms with E-state index in [-0.39, 0.29) is 77.7 Å². The molecule has 8 heteroatoms. The Morgan fingerprint density at radius 3 is 1.25 bits per heavy atom. The van der Waals surface area contributed by atoms with E-state index in [1.807, 2.05) is 0 Å². The van der Waals surface area contributed by atoms with Crippen molar-refractivity contribution in [2.24, 2.45) is 0 Å². The van der Waals surface area contributed by atoms with Crippen LogP contribution in [0.25, 0.3) is 0 Å². The largest absolute Gasteiger partial charge is 1.00 e. The van der Waals surface area contributed by atoms with Crippen molar-refractivity contribution in [1.29, 1.82) is 0 Å². The van der Waals surface area contributed by atoms with Crippen LogP contribution in [0.1, 0.15) is 0 Å². The number of phosphoric acid groups is 1. The first-order valence-corrected chi connectivity index (χ1v) is 2.24. The van der Waals surface area contributed by atoms with E-state index in [0.717, 1.165) is 0 Å². The summed E-state index contributed by atoms with van der Waals surface area (Å²) in [5.41, 5.74) is 0. The standard InChI is InChI=1S/2Na.H3O4P.V/c;;1-5(2,3)4;/h;;(H3,1,2,3,4);/q2*+1;;/p-2. The van der Waals surface area contributed by atoms with Gasteiger partial charge in [-0.05, 0) is 0 Å². The normalized spacial score (nSPS) is 7.38. The molecule has 0 saturated heterocycles. The number of rotatable bonds is 0. The third kappa shape index (κ3) is 70.9. The van der Waals surface area contributed by atoms with Crippen molar-refractivity contribution >= 4 is 7.82 Å². The van der Waals surface area contributed by atoms with Crippen molar-refractivity contribution < 1.29 is 96.9 Å². The molecule has 0 unspecified atom stereocenters. The summed E-state index contributed by atoms with van der Waals surface area (Å²) < 4.78 is 8.66. The Balaban J connectivity index is -0.0000000267. The second kappa shape index (κ2) is 9.69. The minimum atomic E-state index is -5.14. The molecule has 0 aliphatic heterocycles. The van der Waals surface area contributed by atoms with Gasteiger partial charge in [-0.3, -0.25) is 0 Å². The third-order valence-electron chi connectivity index (χ3n) is 0. The van der Waals surface area contributed by atoms with E-state index in [4.69, 9.17) is 19.2 Å². The van der Waals surface area contributed by atoms with Crippen molar-refractivity contribution in [3.63, 3.8) is 0 Å². The zero-order chi connectivity index (χ0) is 4.50. The van der Waals surface area contributed by atoms with Crippen LogP contribution in [-0.4, -0.2) is 4.89 Å². The van der Waals surface area contributed by atoms with Gasteiger partial charge in [-0.2, -0.15) is 0 Å². The minimum absolute atomic E-state index is 0. The maximum absolute atomic E-state index is 8.66. The van der Waals surface area contributed by atoms with E-state index in [9.17, 15) is 0 Å². The van der Waals surface area contributed by atoms with Crippen LogP contribution >= 0.6 is 7.82 Å². The molecule has 0 bridgehead atoms. The summed E-state index contributed by atoms with van der Waals surface area (Å²) >= 11 is 0. The zero-order valence-electron chi connectivity index (χ0n) is 4.57. The van der Waals surface area contributed by atoms with Gasteiger partial charge in [-0.15, -0.1) is 0 Å². The van der Waals surface area contributed by atoms with Gasteiger partial charge in [-0.25, -0.2) is 0 Å². The summed E-state index contributed by atoms with van der Waals surface area (Å²) in [6.07, 6.45) is 0. The molecule has 0 fully saturated rings. The summed E-state index contributed by atoms with van der Waals surface area (Å²) in [6, 6.07) is 0. The first-order valence-electron chi connectivity index (χ1n) is 0.748. The van der Waals surface area contributed by atoms with Crippen LogP contribution < -0.4 is 68.9 Å². The van der Waals surface area contributed by atoms with Gasteiger partial charge in [0.15, 0.2) is 0 Å². The maximum Gasteiger partial charge on any atom is 1.00 e. The Hall–Kier alpha value is 2.69. The Bertz CT molecular complexity index is 60.2. The number of hydrogen-bond acceptors (Lipinski definition) is 3. The van der Waals surface area contributed by atoms with Crippen molar-refractivity contribution in [2.75, 3.05) is 0 Å². The van der Waals surface area contributed by atoms with Crippen LogP contribution in [0.4, 0.5) is 0 Å². The fraction of sp³-hybridized carbons (Fsp3) is 0. The van der Waals surface area contributed by atoms with Gasteiger partial charge in [0.1, 0.15) is 0 Å². The summed E-state index contributed by atoms with van der Waals surface area (Å²) in [4.78, 5) is 24.3. The summed E-state index contributed by atoms with van der Waals surface area (Å²) in [5, 5.41) is 0. The van der Waals surface area contributed by atoms with E-state index >= 15 is 0 Å². The van der Waals surface area contributed by atoms with Crippen LogP contribution in [-0.2, 0) is 23.1 Å². The van der Waals surface area contributed by atoms with Crippen LogP contribution in [0.2, 0.25) is 0 Å². The molecule has 0 aromatic heterocycles.